The number of thiazole rings is 1. The van der Waals surface area contributed by atoms with Gasteiger partial charge in [-0.25, -0.2) is 4.98 Å². The van der Waals surface area contributed by atoms with Crippen molar-refractivity contribution in [2.75, 3.05) is 12.4 Å². The van der Waals surface area contributed by atoms with Gasteiger partial charge in [-0.2, -0.15) is 0 Å². The lowest BCUT2D eigenvalue weighted by Gasteiger charge is -2.09. The third-order valence-corrected chi connectivity index (χ3v) is 4.78. The minimum atomic E-state index is 0.637. The van der Waals surface area contributed by atoms with Gasteiger partial charge in [-0.3, -0.25) is 0 Å². The number of ether oxygens (including phenoxy) is 1. The monoisotopic (exact) mass is 364 g/mol. The largest absolute Gasteiger partial charge is 0.495 e. The highest BCUT2D eigenvalue weighted by molar-refractivity contribution is 7.14. The van der Waals surface area contributed by atoms with Crippen molar-refractivity contribution in [1.82, 2.24) is 4.98 Å². The van der Waals surface area contributed by atoms with Crippen LogP contribution in [0, 0.1) is 6.92 Å². The molecular weight excluding hydrogens is 351 g/mol. The van der Waals surface area contributed by atoms with Crippen LogP contribution in [0.3, 0.4) is 0 Å². The van der Waals surface area contributed by atoms with Crippen LogP contribution in [0.4, 0.5) is 10.8 Å². The maximum absolute atomic E-state index is 6.07. The maximum Gasteiger partial charge on any atom is 0.187 e. The normalized spacial score (nSPS) is 10.6. The molecule has 0 atom stereocenters. The van der Waals surface area contributed by atoms with Crippen molar-refractivity contribution in [2.24, 2.45) is 0 Å². The highest BCUT2D eigenvalue weighted by Gasteiger charge is 2.09. The summed E-state index contributed by atoms with van der Waals surface area (Å²) in [7, 11) is 1.62. The van der Waals surface area contributed by atoms with E-state index in [1.165, 1.54) is 11.3 Å². The van der Waals surface area contributed by atoms with Crippen molar-refractivity contribution in [2.45, 2.75) is 6.92 Å². The lowest BCUT2D eigenvalue weighted by atomic mass is 10.1. The van der Waals surface area contributed by atoms with E-state index in [2.05, 4.69) is 10.3 Å². The summed E-state index contributed by atoms with van der Waals surface area (Å²) in [5.41, 5.74) is 3.75. The van der Waals surface area contributed by atoms with Crippen LogP contribution < -0.4 is 10.1 Å². The number of anilines is 2. The van der Waals surface area contributed by atoms with Crippen LogP contribution in [0.15, 0.2) is 41.8 Å². The van der Waals surface area contributed by atoms with E-state index < -0.39 is 0 Å². The molecule has 0 saturated carbocycles. The highest BCUT2D eigenvalue weighted by atomic mass is 35.5. The summed E-state index contributed by atoms with van der Waals surface area (Å²) in [6, 6.07) is 11.3. The van der Waals surface area contributed by atoms with E-state index in [1.54, 1.807) is 13.2 Å². The first kappa shape index (κ1) is 16.1. The van der Waals surface area contributed by atoms with E-state index in [9.17, 15) is 0 Å². The Hall–Kier alpha value is -1.75. The average Bonchev–Trinajstić information content (AvgIpc) is 2.99. The lowest BCUT2D eigenvalue weighted by molar-refractivity contribution is 0.417. The molecule has 0 bridgehead atoms. The van der Waals surface area contributed by atoms with Gasteiger partial charge in [0, 0.05) is 21.0 Å². The molecule has 1 aromatic heterocycles. The molecule has 0 aliphatic carbocycles. The zero-order valence-electron chi connectivity index (χ0n) is 12.6. The van der Waals surface area contributed by atoms with Gasteiger partial charge in [-0.05, 0) is 42.8 Å². The predicted octanol–water partition coefficient (Wildman–Crippen LogP) is 6.18. The van der Waals surface area contributed by atoms with Crippen LogP contribution in [0.25, 0.3) is 11.3 Å². The molecule has 0 spiro atoms. The Morgan fingerprint density at radius 3 is 2.70 bits per heavy atom. The number of methoxy groups -OCH3 is 1. The van der Waals surface area contributed by atoms with E-state index in [1.807, 2.05) is 42.6 Å². The van der Waals surface area contributed by atoms with Gasteiger partial charge in [0.15, 0.2) is 5.13 Å². The molecule has 1 heterocycles. The number of benzene rings is 2. The van der Waals surface area contributed by atoms with E-state index in [0.29, 0.717) is 10.8 Å². The number of aryl methyl sites for hydroxylation is 1. The number of aromatic nitrogens is 1. The van der Waals surface area contributed by atoms with Gasteiger partial charge in [0.1, 0.15) is 5.75 Å². The van der Waals surface area contributed by atoms with Gasteiger partial charge in [0.2, 0.25) is 0 Å². The summed E-state index contributed by atoms with van der Waals surface area (Å²) in [5.74, 6) is 0.716. The number of halogens is 2. The number of hydrogen-bond donors (Lipinski definition) is 1. The van der Waals surface area contributed by atoms with E-state index >= 15 is 0 Å². The molecule has 1 N–H and O–H groups in total. The standard InChI is InChI=1S/C17H14Cl2N2OS/c1-10-7-11(3-5-13(10)19)15-9-23-17(21-15)20-14-8-12(18)4-6-16(14)22-2/h3-9H,1-2H3,(H,20,21). The maximum atomic E-state index is 6.07. The number of rotatable bonds is 4. The fourth-order valence-electron chi connectivity index (χ4n) is 2.16. The van der Waals surface area contributed by atoms with E-state index in [4.69, 9.17) is 27.9 Å². The van der Waals surface area contributed by atoms with Crippen molar-refractivity contribution in [3.05, 3.63) is 57.4 Å². The molecular formula is C17H14Cl2N2OS. The Morgan fingerprint density at radius 2 is 1.96 bits per heavy atom. The molecule has 6 heteroatoms. The second-order valence-corrected chi connectivity index (χ2v) is 6.67. The second-order valence-electron chi connectivity index (χ2n) is 4.97. The van der Waals surface area contributed by atoms with Crippen LogP contribution in [-0.2, 0) is 0 Å². The molecule has 0 fully saturated rings. The fraction of sp³-hybridized carbons (Fsp3) is 0.118. The molecule has 0 aliphatic heterocycles. The van der Waals surface area contributed by atoms with E-state index in [-0.39, 0.29) is 0 Å². The van der Waals surface area contributed by atoms with Crippen molar-refractivity contribution in [3.63, 3.8) is 0 Å². The smallest absolute Gasteiger partial charge is 0.187 e. The molecule has 3 nitrogen and oxygen atoms in total. The summed E-state index contributed by atoms with van der Waals surface area (Å²) in [6.45, 7) is 1.98. The fourth-order valence-corrected chi connectivity index (χ4v) is 3.18. The summed E-state index contributed by atoms with van der Waals surface area (Å²) >= 11 is 13.6. The van der Waals surface area contributed by atoms with Crippen LogP contribution in [0.1, 0.15) is 5.56 Å². The average molecular weight is 365 g/mol. The van der Waals surface area contributed by atoms with Crippen LogP contribution in [0.2, 0.25) is 10.0 Å². The summed E-state index contributed by atoms with van der Waals surface area (Å²) < 4.78 is 5.33. The Bertz CT molecular complexity index is 848. The van der Waals surface area contributed by atoms with Gasteiger partial charge in [0.05, 0.1) is 18.5 Å². The number of nitrogens with one attached hydrogen (secondary N) is 1. The Balaban J connectivity index is 1.88. The molecule has 0 radical (unpaired) electrons. The summed E-state index contributed by atoms with van der Waals surface area (Å²) in [5, 5.41) is 7.42. The van der Waals surface area contributed by atoms with Crippen LogP contribution >= 0.6 is 34.5 Å². The van der Waals surface area contributed by atoms with E-state index in [0.717, 1.165) is 32.7 Å². The Morgan fingerprint density at radius 1 is 1.13 bits per heavy atom. The van der Waals surface area contributed by atoms with Crippen LogP contribution in [-0.4, -0.2) is 12.1 Å². The Labute approximate surface area is 148 Å². The van der Waals surface area contributed by atoms with Crippen molar-refractivity contribution >= 4 is 45.4 Å². The topological polar surface area (TPSA) is 34.1 Å². The molecule has 3 aromatic rings. The zero-order valence-corrected chi connectivity index (χ0v) is 14.9. The minimum absolute atomic E-state index is 0.637. The lowest BCUT2D eigenvalue weighted by Crippen LogP contribution is -1.94. The molecule has 3 rings (SSSR count). The molecule has 0 aliphatic rings. The molecule has 118 valence electrons. The Kier molecular flexibility index (Phi) is 4.76. The van der Waals surface area contributed by atoms with Gasteiger partial charge >= 0.3 is 0 Å². The minimum Gasteiger partial charge on any atom is -0.495 e. The highest BCUT2D eigenvalue weighted by Crippen LogP contribution is 2.33. The molecule has 23 heavy (non-hydrogen) atoms. The van der Waals surface area contributed by atoms with Gasteiger partial charge in [0.25, 0.3) is 0 Å². The third-order valence-electron chi connectivity index (χ3n) is 3.36. The number of nitrogens with zero attached hydrogens (tertiary/aromatic N) is 1. The van der Waals surface area contributed by atoms with Gasteiger partial charge < -0.3 is 10.1 Å². The van der Waals surface area contributed by atoms with Gasteiger partial charge in [-0.15, -0.1) is 11.3 Å². The van der Waals surface area contributed by atoms with Crippen molar-refractivity contribution < 1.29 is 4.74 Å². The van der Waals surface area contributed by atoms with Crippen LogP contribution in [0.5, 0.6) is 5.75 Å². The molecule has 0 unspecified atom stereocenters. The molecule has 0 saturated heterocycles. The SMILES string of the molecule is COc1ccc(Cl)cc1Nc1nc(-c2ccc(Cl)c(C)c2)cs1. The molecule has 2 aromatic carbocycles. The zero-order chi connectivity index (χ0) is 16.4. The molecule has 0 amide bonds. The quantitative estimate of drug-likeness (QED) is 0.600. The second kappa shape index (κ2) is 6.79. The third kappa shape index (κ3) is 3.61. The first-order valence-corrected chi connectivity index (χ1v) is 8.53. The first-order valence-electron chi connectivity index (χ1n) is 6.89. The predicted molar refractivity (Wildman–Crippen MR) is 98.6 cm³/mol. The van der Waals surface area contributed by atoms with Gasteiger partial charge in [-0.1, -0.05) is 29.3 Å². The van der Waals surface area contributed by atoms with Crippen molar-refractivity contribution in [3.8, 4) is 17.0 Å². The first-order chi connectivity index (χ1) is 11.1. The van der Waals surface area contributed by atoms with Crippen molar-refractivity contribution in [1.29, 1.82) is 0 Å². The summed E-state index contributed by atoms with van der Waals surface area (Å²) in [6.07, 6.45) is 0. The summed E-state index contributed by atoms with van der Waals surface area (Å²) in [4.78, 5) is 4.62. The number of hydrogen-bond acceptors (Lipinski definition) is 4.